The minimum Gasteiger partial charge on any atom is -0.451 e. The van der Waals surface area contributed by atoms with Crippen LogP contribution in [0.4, 0.5) is 10.2 Å². The number of anilines is 1. The van der Waals surface area contributed by atoms with Gasteiger partial charge in [-0.05, 0) is 69.0 Å². The van der Waals surface area contributed by atoms with Gasteiger partial charge in [-0.2, -0.15) is 0 Å². The summed E-state index contributed by atoms with van der Waals surface area (Å²) < 4.78 is 20.4. The van der Waals surface area contributed by atoms with Gasteiger partial charge < -0.3 is 25.2 Å². The van der Waals surface area contributed by atoms with Crippen LogP contribution in [0.2, 0.25) is 0 Å². The fraction of sp³-hybridized carbons (Fsp3) is 0.375. The van der Waals surface area contributed by atoms with E-state index in [1.165, 1.54) is 24.5 Å². The van der Waals surface area contributed by atoms with Crippen LogP contribution in [0.25, 0.3) is 0 Å². The summed E-state index contributed by atoms with van der Waals surface area (Å²) in [6, 6.07) is 13.7. The number of carbonyl (C=O) groups is 2. The Hall–Kier alpha value is -4.31. The van der Waals surface area contributed by atoms with E-state index in [0.717, 1.165) is 16.7 Å². The molecule has 10 heteroatoms. The van der Waals surface area contributed by atoms with Gasteiger partial charge in [0, 0.05) is 38.8 Å². The Bertz CT molecular complexity index is 1490. The Balaban J connectivity index is 1.29. The molecule has 1 aromatic heterocycles. The zero-order valence-electron chi connectivity index (χ0n) is 24.5. The first-order valence-corrected chi connectivity index (χ1v) is 14.2. The second kappa shape index (κ2) is 11.9. The molecule has 0 spiro atoms. The Morgan fingerprint density at radius 1 is 1.07 bits per heavy atom. The largest absolute Gasteiger partial charge is 0.451 e. The summed E-state index contributed by atoms with van der Waals surface area (Å²) >= 11 is 0. The number of nitrogens with zero attached hydrogens (tertiary/aromatic N) is 5. The van der Waals surface area contributed by atoms with Gasteiger partial charge in [-0.15, -0.1) is 0 Å². The van der Waals surface area contributed by atoms with Gasteiger partial charge in [0.15, 0.2) is 11.6 Å². The molecular formula is C32H37FN6O3. The quantitative estimate of drug-likeness (QED) is 0.383. The molecule has 0 unspecified atom stereocenters. The maximum Gasteiger partial charge on any atom is 0.257 e. The molecule has 2 N–H and O–H groups in total. The van der Waals surface area contributed by atoms with Gasteiger partial charge >= 0.3 is 0 Å². The maximum atomic E-state index is 14.2. The van der Waals surface area contributed by atoms with Gasteiger partial charge in [-0.25, -0.2) is 14.4 Å². The topological polar surface area (TPSA) is 105 Å². The van der Waals surface area contributed by atoms with Crippen molar-refractivity contribution in [1.29, 1.82) is 0 Å². The van der Waals surface area contributed by atoms with Gasteiger partial charge in [-0.3, -0.25) is 9.59 Å². The summed E-state index contributed by atoms with van der Waals surface area (Å²) in [6.45, 7) is 10.1. The Morgan fingerprint density at radius 3 is 2.40 bits per heavy atom. The number of hydrogen-bond acceptors (Lipinski definition) is 7. The van der Waals surface area contributed by atoms with Crippen LogP contribution in [-0.2, 0) is 11.2 Å². The minimum absolute atomic E-state index is 0.0609. The first kappa shape index (κ1) is 29.2. The van der Waals surface area contributed by atoms with Crippen LogP contribution in [0.3, 0.4) is 0 Å². The molecule has 220 valence electrons. The molecule has 0 aliphatic carbocycles. The molecule has 1 atom stereocenters. The average molecular weight is 573 g/mol. The third kappa shape index (κ3) is 5.99. The molecule has 3 aromatic rings. The first-order valence-electron chi connectivity index (χ1n) is 14.2. The molecule has 0 saturated carbocycles. The van der Waals surface area contributed by atoms with Gasteiger partial charge in [0.1, 0.15) is 17.9 Å². The molecule has 0 radical (unpaired) electrons. The third-order valence-corrected chi connectivity index (χ3v) is 7.79. The first-order chi connectivity index (χ1) is 20.1. The van der Waals surface area contributed by atoms with Crippen molar-refractivity contribution in [3.05, 3.63) is 89.1 Å². The lowest BCUT2D eigenvalue weighted by atomic mass is 9.92. The molecule has 0 fully saturated rings. The van der Waals surface area contributed by atoms with Crippen LogP contribution in [0.1, 0.15) is 43.6 Å². The standard InChI is InChI=1S/C32H37FN6O3/c1-5-39(21(2)3)30(40)26-13-25(33)11-12-27(26)42-28-15-35-20-36-29(28)37-16-23-18-38(19-24(23)17-37)31(41)32(4,34)14-22-9-7-6-8-10-22/h6-13,15,20-21H,5,14,16-19,34H2,1-4H3/t32-/m0/s1. The highest BCUT2D eigenvalue weighted by Crippen LogP contribution is 2.37. The molecule has 3 heterocycles. The van der Waals surface area contributed by atoms with Crippen LogP contribution < -0.4 is 15.4 Å². The van der Waals surface area contributed by atoms with Crippen molar-refractivity contribution in [1.82, 2.24) is 19.8 Å². The number of ether oxygens (including phenoxy) is 1. The molecule has 2 aliphatic heterocycles. The van der Waals surface area contributed by atoms with Crippen LogP contribution in [0, 0.1) is 5.82 Å². The number of nitrogens with two attached hydrogens (primary N) is 1. The maximum absolute atomic E-state index is 14.2. The predicted octanol–water partition coefficient (Wildman–Crippen LogP) is 4.20. The number of halogens is 1. The lowest BCUT2D eigenvalue weighted by Gasteiger charge is -2.31. The Morgan fingerprint density at radius 2 is 1.76 bits per heavy atom. The zero-order valence-corrected chi connectivity index (χ0v) is 24.5. The molecule has 0 bridgehead atoms. The highest BCUT2D eigenvalue weighted by Gasteiger charge is 2.39. The lowest BCUT2D eigenvalue weighted by molar-refractivity contribution is -0.135. The van der Waals surface area contributed by atoms with Gasteiger partial charge in [-0.1, -0.05) is 30.3 Å². The highest BCUT2D eigenvalue weighted by atomic mass is 19.1. The molecule has 42 heavy (non-hydrogen) atoms. The van der Waals surface area contributed by atoms with E-state index in [2.05, 4.69) is 14.9 Å². The minimum atomic E-state index is -1.01. The summed E-state index contributed by atoms with van der Waals surface area (Å²) in [5, 5.41) is 0. The van der Waals surface area contributed by atoms with E-state index in [0.29, 0.717) is 50.7 Å². The van der Waals surface area contributed by atoms with E-state index in [1.807, 2.05) is 56.0 Å². The van der Waals surface area contributed by atoms with Gasteiger partial charge in [0.05, 0.1) is 17.3 Å². The lowest BCUT2D eigenvalue weighted by Crippen LogP contribution is -2.54. The molecule has 2 aromatic carbocycles. The monoisotopic (exact) mass is 572 g/mol. The molecule has 0 saturated heterocycles. The van der Waals surface area contributed by atoms with Crippen molar-refractivity contribution < 1.29 is 18.7 Å². The zero-order chi connectivity index (χ0) is 30.0. The van der Waals surface area contributed by atoms with Crippen molar-refractivity contribution in [2.45, 2.75) is 45.7 Å². The average Bonchev–Trinajstić information content (AvgIpc) is 3.54. The predicted molar refractivity (Wildman–Crippen MR) is 159 cm³/mol. The van der Waals surface area contributed by atoms with E-state index in [-0.39, 0.29) is 29.2 Å². The number of hydrogen-bond donors (Lipinski definition) is 1. The number of carbonyl (C=O) groups excluding carboxylic acids is 2. The normalized spacial score (nSPS) is 16.1. The van der Waals surface area contributed by atoms with E-state index < -0.39 is 11.4 Å². The van der Waals surface area contributed by atoms with Gasteiger partial charge in [0.2, 0.25) is 5.91 Å². The Labute approximate surface area is 245 Å². The number of amides is 2. The van der Waals surface area contributed by atoms with Crippen LogP contribution in [0.15, 0.2) is 72.2 Å². The van der Waals surface area contributed by atoms with E-state index in [9.17, 15) is 14.0 Å². The number of aromatic nitrogens is 2. The molecule has 5 rings (SSSR count). The summed E-state index contributed by atoms with van der Waals surface area (Å²) in [7, 11) is 0. The molecule has 2 amide bonds. The van der Waals surface area contributed by atoms with E-state index in [4.69, 9.17) is 10.5 Å². The SMILES string of the molecule is CCN(C(=O)c1cc(F)ccc1Oc1cncnc1N1CC2=C(CN(C(=O)[C@@](C)(N)Cc3ccccc3)C2)C1)C(C)C. The molecule has 9 nitrogen and oxygen atoms in total. The summed E-state index contributed by atoms with van der Waals surface area (Å²) in [6.07, 6.45) is 3.45. The fourth-order valence-electron chi connectivity index (χ4n) is 5.73. The van der Waals surface area contributed by atoms with Crippen molar-refractivity contribution in [2.24, 2.45) is 5.73 Å². The second-order valence-electron chi connectivity index (χ2n) is 11.4. The van der Waals surface area contributed by atoms with Crippen LogP contribution >= 0.6 is 0 Å². The van der Waals surface area contributed by atoms with Gasteiger partial charge in [0.25, 0.3) is 5.91 Å². The van der Waals surface area contributed by atoms with Crippen molar-refractivity contribution in [3.8, 4) is 11.5 Å². The van der Waals surface area contributed by atoms with E-state index in [1.54, 1.807) is 18.0 Å². The number of benzene rings is 2. The van der Waals surface area contributed by atoms with Crippen molar-refractivity contribution >= 4 is 17.6 Å². The molecular weight excluding hydrogens is 535 g/mol. The summed E-state index contributed by atoms with van der Waals surface area (Å²) in [4.78, 5) is 40.9. The number of rotatable bonds is 9. The smallest absolute Gasteiger partial charge is 0.257 e. The highest BCUT2D eigenvalue weighted by molar-refractivity contribution is 5.97. The summed E-state index contributed by atoms with van der Waals surface area (Å²) in [5.74, 6) is 0.238. The summed E-state index contributed by atoms with van der Waals surface area (Å²) in [5.41, 5.74) is 8.96. The van der Waals surface area contributed by atoms with E-state index >= 15 is 0 Å². The van der Waals surface area contributed by atoms with Crippen molar-refractivity contribution in [3.63, 3.8) is 0 Å². The molecule has 2 aliphatic rings. The third-order valence-electron chi connectivity index (χ3n) is 7.79. The van der Waals surface area contributed by atoms with Crippen molar-refractivity contribution in [2.75, 3.05) is 37.6 Å². The van der Waals surface area contributed by atoms with Crippen LogP contribution in [0.5, 0.6) is 11.5 Å². The second-order valence-corrected chi connectivity index (χ2v) is 11.4. The Kier molecular flexibility index (Phi) is 8.27. The fourth-order valence-corrected chi connectivity index (χ4v) is 5.73. The van der Waals surface area contributed by atoms with Crippen LogP contribution in [-0.4, -0.2) is 75.9 Å².